The first-order valence-electron chi connectivity index (χ1n) is 8.74. The fourth-order valence-corrected chi connectivity index (χ4v) is 3.75. The molecule has 1 amide bonds. The summed E-state index contributed by atoms with van der Waals surface area (Å²) in [7, 11) is 0. The van der Waals surface area contributed by atoms with E-state index in [-0.39, 0.29) is 42.7 Å². The Balaban J connectivity index is 0.00000242. The van der Waals surface area contributed by atoms with E-state index in [1.54, 1.807) is 0 Å². The van der Waals surface area contributed by atoms with Crippen molar-refractivity contribution in [3.63, 3.8) is 0 Å². The number of nitrogens with zero attached hydrogens (tertiary/aromatic N) is 1. The number of rotatable bonds is 5. The summed E-state index contributed by atoms with van der Waals surface area (Å²) in [4.78, 5) is 14.8. The SMILES string of the molecule is CC1CCN(C(CNC(=O)C2CCC(N)C2)C(C)C)CC1.Cl.Cl. The van der Waals surface area contributed by atoms with E-state index in [9.17, 15) is 4.79 Å². The van der Waals surface area contributed by atoms with Gasteiger partial charge in [-0.2, -0.15) is 0 Å². The molecule has 0 aromatic rings. The lowest BCUT2D eigenvalue weighted by molar-refractivity contribution is -0.125. The number of amides is 1. The van der Waals surface area contributed by atoms with Gasteiger partial charge in [-0.05, 0) is 57.0 Å². The maximum atomic E-state index is 12.3. The first-order valence-corrected chi connectivity index (χ1v) is 8.74. The number of likely N-dealkylation sites (tertiary alicyclic amines) is 1. The van der Waals surface area contributed by atoms with Crippen molar-refractivity contribution in [2.75, 3.05) is 19.6 Å². The molecule has 0 radical (unpaired) electrons. The lowest BCUT2D eigenvalue weighted by Crippen LogP contribution is -2.50. The standard InChI is InChI=1S/C17H33N3O.2ClH/c1-12(2)16(20-8-6-13(3)7-9-20)11-19-17(21)14-4-5-15(18)10-14;;/h12-16H,4-11,18H2,1-3H3,(H,19,21);2*1H. The summed E-state index contributed by atoms with van der Waals surface area (Å²) in [6, 6.07) is 0.696. The molecule has 23 heavy (non-hydrogen) atoms. The molecule has 1 saturated carbocycles. The fourth-order valence-electron chi connectivity index (χ4n) is 3.75. The van der Waals surface area contributed by atoms with E-state index in [4.69, 9.17) is 5.73 Å². The highest BCUT2D eigenvalue weighted by Gasteiger charge is 2.30. The van der Waals surface area contributed by atoms with Gasteiger partial charge in [0.1, 0.15) is 0 Å². The van der Waals surface area contributed by atoms with E-state index < -0.39 is 0 Å². The minimum absolute atomic E-state index is 0. The van der Waals surface area contributed by atoms with Gasteiger partial charge in [-0.25, -0.2) is 0 Å². The van der Waals surface area contributed by atoms with Crippen LogP contribution < -0.4 is 11.1 Å². The molecule has 1 aliphatic heterocycles. The Morgan fingerprint density at radius 3 is 2.26 bits per heavy atom. The van der Waals surface area contributed by atoms with Gasteiger partial charge in [-0.3, -0.25) is 9.69 Å². The largest absolute Gasteiger partial charge is 0.354 e. The number of carbonyl (C=O) groups is 1. The van der Waals surface area contributed by atoms with Crippen LogP contribution in [0.25, 0.3) is 0 Å². The Hall–Kier alpha value is -0.0300. The molecular formula is C17H35Cl2N3O. The van der Waals surface area contributed by atoms with Crippen molar-refractivity contribution in [1.82, 2.24) is 10.2 Å². The lowest BCUT2D eigenvalue weighted by Gasteiger charge is -2.39. The number of hydrogen-bond donors (Lipinski definition) is 2. The summed E-state index contributed by atoms with van der Waals surface area (Å²) in [5.74, 6) is 1.79. The molecule has 1 saturated heterocycles. The molecule has 2 fully saturated rings. The van der Waals surface area contributed by atoms with Gasteiger partial charge in [-0.1, -0.05) is 20.8 Å². The quantitative estimate of drug-likeness (QED) is 0.785. The first kappa shape index (κ1) is 23.0. The predicted octanol–water partition coefficient (Wildman–Crippen LogP) is 2.83. The minimum Gasteiger partial charge on any atom is -0.354 e. The Morgan fingerprint density at radius 1 is 1.17 bits per heavy atom. The lowest BCUT2D eigenvalue weighted by atomic mass is 9.94. The number of halogens is 2. The van der Waals surface area contributed by atoms with Crippen LogP contribution in [0.5, 0.6) is 0 Å². The number of carbonyl (C=O) groups excluding carboxylic acids is 1. The second-order valence-corrected chi connectivity index (χ2v) is 7.55. The molecular weight excluding hydrogens is 333 g/mol. The van der Waals surface area contributed by atoms with Crippen LogP contribution in [0.2, 0.25) is 0 Å². The number of hydrogen-bond acceptors (Lipinski definition) is 3. The van der Waals surface area contributed by atoms with Gasteiger partial charge in [0.15, 0.2) is 0 Å². The normalized spacial score (nSPS) is 27.2. The topological polar surface area (TPSA) is 58.4 Å². The fraction of sp³-hybridized carbons (Fsp3) is 0.941. The molecule has 1 aliphatic carbocycles. The van der Waals surface area contributed by atoms with Crippen molar-refractivity contribution in [3.05, 3.63) is 0 Å². The molecule has 3 atom stereocenters. The molecule has 2 rings (SSSR count). The number of piperidine rings is 1. The molecule has 3 unspecified atom stereocenters. The van der Waals surface area contributed by atoms with Crippen molar-refractivity contribution < 1.29 is 4.79 Å². The smallest absolute Gasteiger partial charge is 0.223 e. The molecule has 3 N–H and O–H groups in total. The second-order valence-electron chi connectivity index (χ2n) is 7.55. The van der Waals surface area contributed by atoms with E-state index in [2.05, 4.69) is 31.0 Å². The van der Waals surface area contributed by atoms with Crippen LogP contribution >= 0.6 is 24.8 Å². The molecule has 0 spiro atoms. The molecule has 138 valence electrons. The zero-order chi connectivity index (χ0) is 15.4. The van der Waals surface area contributed by atoms with Crippen LogP contribution in [0.15, 0.2) is 0 Å². The van der Waals surface area contributed by atoms with Gasteiger partial charge in [0, 0.05) is 24.5 Å². The van der Waals surface area contributed by atoms with Crippen LogP contribution in [0.1, 0.15) is 52.9 Å². The van der Waals surface area contributed by atoms with E-state index in [0.717, 1.165) is 31.7 Å². The summed E-state index contributed by atoms with van der Waals surface area (Å²) in [5, 5.41) is 3.20. The summed E-state index contributed by atoms with van der Waals surface area (Å²) < 4.78 is 0. The second kappa shape index (κ2) is 10.8. The van der Waals surface area contributed by atoms with Crippen LogP contribution in [-0.2, 0) is 4.79 Å². The van der Waals surface area contributed by atoms with E-state index in [0.29, 0.717) is 12.0 Å². The zero-order valence-electron chi connectivity index (χ0n) is 14.8. The van der Waals surface area contributed by atoms with Crippen molar-refractivity contribution in [2.45, 2.75) is 65.0 Å². The molecule has 2 aliphatic rings. The third-order valence-electron chi connectivity index (χ3n) is 5.39. The number of nitrogens with two attached hydrogens (primary N) is 1. The Kier molecular flexibility index (Phi) is 10.7. The van der Waals surface area contributed by atoms with Gasteiger partial charge in [0.05, 0.1) is 0 Å². The molecule has 6 heteroatoms. The van der Waals surface area contributed by atoms with Gasteiger partial charge in [0.25, 0.3) is 0 Å². The van der Waals surface area contributed by atoms with Gasteiger partial charge in [0.2, 0.25) is 5.91 Å². The first-order chi connectivity index (χ1) is 9.97. The van der Waals surface area contributed by atoms with Crippen LogP contribution in [-0.4, -0.2) is 42.5 Å². The Morgan fingerprint density at radius 2 is 1.78 bits per heavy atom. The van der Waals surface area contributed by atoms with Gasteiger partial charge < -0.3 is 11.1 Å². The monoisotopic (exact) mass is 367 g/mol. The Bertz CT molecular complexity index is 347. The average molecular weight is 368 g/mol. The average Bonchev–Trinajstić information content (AvgIpc) is 2.87. The number of nitrogens with one attached hydrogen (secondary N) is 1. The highest BCUT2D eigenvalue weighted by atomic mass is 35.5. The third kappa shape index (κ3) is 6.77. The van der Waals surface area contributed by atoms with E-state index in [1.165, 1.54) is 25.9 Å². The summed E-state index contributed by atoms with van der Waals surface area (Å²) in [5.41, 5.74) is 5.91. The predicted molar refractivity (Wildman–Crippen MR) is 101 cm³/mol. The summed E-state index contributed by atoms with van der Waals surface area (Å²) in [6.07, 6.45) is 5.39. The van der Waals surface area contributed by atoms with Crippen molar-refractivity contribution in [2.24, 2.45) is 23.5 Å². The Labute approximate surface area is 154 Å². The third-order valence-corrected chi connectivity index (χ3v) is 5.39. The van der Waals surface area contributed by atoms with Crippen molar-refractivity contribution in [3.8, 4) is 0 Å². The van der Waals surface area contributed by atoms with E-state index in [1.807, 2.05) is 0 Å². The van der Waals surface area contributed by atoms with Gasteiger partial charge >= 0.3 is 0 Å². The zero-order valence-corrected chi connectivity index (χ0v) is 16.4. The van der Waals surface area contributed by atoms with Crippen LogP contribution in [0.4, 0.5) is 0 Å². The maximum absolute atomic E-state index is 12.3. The molecule has 0 bridgehead atoms. The van der Waals surface area contributed by atoms with Gasteiger partial charge in [-0.15, -0.1) is 24.8 Å². The van der Waals surface area contributed by atoms with E-state index >= 15 is 0 Å². The van der Waals surface area contributed by atoms with Crippen molar-refractivity contribution >= 4 is 30.7 Å². The molecule has 0 aromatic heterocycles. The summed E-state index contributed by atoms with van der Waals surface area (Å²) >= 11 is 0. The molecule has 1 heterocycles. The molecule has 4 nitrogen and oxygen atoms in total. The molecule has 0 aromatic carbocycles. The van der Waals surface area contributed by atoms with Crippen LogP contribution in [0.3, 0.4) is 0 Å². The van der Waals surface area contributed by atoms with Crippen molar-refractivity contribution in [1.29, 1.82) is 0 Å². The minimum atomic E-state index is 0. The highest BCUT2D eigenvalue weighted by Crippen LogP contribution is 2.25. The maximum Gasteiger partial charge on any atom is 0.223 e. The highest BCUT2D eigenvalue weighted by molar-refractivity contribution is 5.85. The van der Waals surface area contributed by atoms with Crippen LogP contribution in [0, 0.1) is 17.8 Å². The summed E-state index contributed by atoms with van der Waals surface area (Å²) in [6.45, 7) is 10.0.